The van der Waals surface area contributed by atoms with Gasteiger partial charge in [0.25, 0.3) is 0 Å². The monoisotopic (exact) mass is 316 g/mol. The summed E-state index contributed by atoms with van der Waals surface area (Å²) in [7, 11) is 0. The number of nitrogens with one attached hydrogen (secondary N) is 1. The summed E-state index contributed by atoms with van der Waals surface area (Å²) in [4.78, 5) is 26.7. The third-order valence-corrected chi connectivity index (χ3v) is 4.76. The van der Waals surface area contributed by atoms with Crippen molar-refractivity contribution in [3.63, 3.8) is 0 Å². The van der Waals surface area contributed by atoms with Gasteiger partial charge in [0.2, 0.25) is 11.8 Å². The number of para-hydroxylation sites is 1. The van der Waals surface area contributed by atoms with Crippen LogP contribution in [0.4, 0.5) is 5.69 Å². The molecule has 1 aliphatic heterocycles. The topological polar surface area (TPSA) is 58.6 Å². The number of nitrogens with zero attached hydrogens (tertiary/aromatic N) is 1. The van der Waals surface area contributed by atoms with E-state index in [1.54, 1.807) is 0 Å². The number of benzene rings is 1. The highest BCUT2D eigenvalue weighted by Gasteiger charge is 2.49. The standard InChI is InChI=1S/C18H24N2O3/c1-3-13-6-4-5-12(2)16(13)19-17(21)14-11-15(14)18(22)20-7-9-23-10-8-20/h4-6,14-15H,3,7-11H2,1-2H3,(H,19,21). The van der Waals surface area contributed by atoms with E-state index in [0.717, 1.165) is 23.2 Å². The molecule has 3 rings (SSSR count). The molecule has 2 unspecified atom stereocenters. The van der Waals surface area contributed by atoms with Crippen LogP contribution in [0.1, 0.15) is 24.5 Å². The molecule has 2 amide bonds. The molecule has 0 radical (unpaired) electrons. The van der Waals surface area contributed by atoms with Crippen LogP contribution < -0.4 is 5.32 Å². The minimum absolute atomic E-state index is 0.0272. The molecule has 2 aliphatic rings. The lowest BCUT2D eigenvalue weighted by molar-refractivity contribution is -0.137. The second-order valence-electron chi connectivity index (χ2n) is 6.34. The van der Waals surface area contributed by atoms with Crippen LogP contribution in [0.25, 0.3) is 0 Å². The predicted octanol–water partition coefficient (Wildman–Crippen LogP) is 1.99. The van der Waals surface area contributed by atoms with Crippen LogP contribution in [0.15, 0.2) is 18.2 Å². The molecule has 1 N–H and O–H groups in total. The molecule has 23 heavy (non-hydrogen) atoms. The molecule has 1 saturated carbocycles. The van der Waals surface area contributed by atoms with Crippen LogP contribution in [-0.4, -0.2) is 43.0 Å². The van der Waals surface area contributed by atoms with E-state index < -0.39 is 0 Å². The molecule has 5 nitrogen and oxygen atoms in total. The van der Waals surface area contributed by atoms with Crippen LogP contribution >= 0.6 is 0 Å². The third kappa shape index (κ3) is 3.39. The zero-order valence-electron chi connectivity index (χ0n) is 13.8. The van der Waals surface area contributed by atoms with Crippen molar-refractivity contribution in [2.75, 3.05) is 31.6 Å². The van der Waals surface area contributed by atoms with Gasteiger partial charge >= 0.3 is 0 Å². The highest BCUT2D eigenvalue weighted by atomic mass is 16.5. The van der Waals surface area contributed by atoms with Gasteiger partial charge < -0.3 is 15.0 Å². The number of aryl methyl sites for hydroxylation is 2. The second kappa shape index (κ2) is 6.71. The molecule has 124 valence electrons. The van der Waals surface area contributed by atoms with Gasteiger partial charge in [0, 0.05) is 18.8 Å². The quantitative estimate of drug-likeness (QED) is 0.924. The first-order chi connectivity index (χ1) is 11.1. The number of hydrogen-bond donors (Lipinski definition) is 1. The van der Waals surface area contributed by atoms with E-state index in [2.05, 4.69) is 12.2 Å². The zero-order valence-corrected chi connectivity index (χ0v) is 13.8. The lowest BCUT2D eigenvalue weighted by Crippen LogP contribution is -2.42. The van der Waals surface area contributed by atoms with Crippen molar-refractivity contribution in [2.24, 2.45) is 11.8 Å². The van der Waals surface area contributed by atoms with Crippen molar-refractivity contribution < 1.29 is 14.3 Å². The summed E-state index contributed by atoms with van der Waals surface area (Å²) in [6.45, 7) is 6.55. The normalized spacial score (nSPS) is 23.5. The maximum absolute atomic E-state index is 12.5. The van der Waals surface area contributed by atoms with Crippen LogP contribution in [0.3, 0.4) is 0 Å². The van der Waals surface area contributed by atoms with Crippen LogP contribution in [0, 0.1) is 18.8 Å². The first-order valence-electron chi connectivity index (χ1n) is 8.37. The van der Waals surface area contributed by atoms with E-state index in [1.807, 2.05) is 30.0 Å². The molecule has 1 heterocycles. The summed E-state index contributed by atoms with van der Waals surface area (Å²) >= 11 is 0. The Labute approximate surface area is 137 Å². The van der Waals surface area contributed by atoms with Gasteiger partial charge in [-0.2, -0.15) is 0 Å². The van der Waals surface area contributed by atoms with E-state index >= 15 is 0 Å². The number of hydrogen-bond acceptors (Lipinski definition) is 3. The fraction of sp³-hybridized carbons (Fsp3) is 0.556. The Morgan fingerprint density at radius 2 is 2.00 bits per heavy atom. The molecule has 0 aromatic heterocycles. The van der Waals surface area contributed by atoms with Crippen molar-refractivity contribution in [3.8, 4) is 0 Å². The number of morpholine rings is 1. The maximum Gasteiger partial charge on any atom is 0.228 e. The van der Waals surface area contributed by atoms with Crippen molar-refractivity contribution >= 4 is 17.5 Å². The van der Waals surface area contributed by atoms with Gasteiger partial charge in [0.05, 0.1) is 25.0 Å². The van der Waals surface area contributed by atoms with Crippen LogP contribution in [0.5, 0.6) is 0 Å². The van der Waals surface area contributed by atoms with Gasteiger partial charge in [-0.1, -0.05) is 25.1 Å². The molecule has 2 atom stereocenters. The lowest BCUT2D eigenvalue weighted by atomic mass is 10.1. The minimum Gasteiger partial charge on any atom is -0.378 e. The molecule has 1 aliphatic carbocycles. The van der Waals surface area contributed by atoms with Crippen LogP contribution in [-0.2, 0) is 20.7 Å². The first kappa shape index (κ1) is 16.0. The van der Waals surface area contributed by atoms with Crippen molar-refractivity contribution in [2.45, 2.75) is 26.7 Å². The molecule has 2 fully saturated rings. The third-order valence-electron chi connectivity index (χ3n) is 4.76. The Morgan fingerprint density at radius 3 is 2.70 bits per heavy atom. The number of anilines is 1. The first-order valence-corrected chi connectivity index (χ1v) is 8.37. The maximum atomic E-state index is 12.5. The molecular weight excluding hydrogens is 292 g/mol. The summed E-state index contributed by atoms with van der Waals surface area (Å²) in [6.07, 6.45) is 1.54. The smallest absolute Gasteiger partial charge is 0.228 e. The Kier molecular flexibility index (Phi) is 4.66. The van der Waals surface area contributed by atoms with Crippen LogP contribution in [0.2, 0.25) is 0 Å². The number of rotatable bonds is 4. The highest BCUT2D eigenvalue weighted by Crippen LogP contribution is 2.41. The summed E-state index contributed by atoms with van der Waals surface area (Å²) in [5.74, 6) is -0.258. The van der Waals surface area contributed by atoms with Crippen molar-refractivity contribution in [1.29, 1.82) is 0 Å². The highest BCUT2D eigenvalue weighted by molar-refractivity contribution is 6.00. The summed E-state index contributed by atoms with van der Waals surface area (Å²) in [5, 5.41) is 3.05. The Morgan fingerprint density at radius 1 is 1.26 bits per heavy atom. The average molecular weight is 316 g/mol. The predicted molar refractivity (Wildman–Crippen MR) is 88.2 cm³/mol. The molecule has 1 saturated heterocycles. The van der Waals surface area contributed by atoms with E-state index in [-0.39, 0.29) is 23.7 Å². The zero-order chi connectivity index (χ0) is 16.4. The van der Waals surface area contributed by atoms with Gasteiger partial charge in [0.15, 0.2) is 0 Å². The average Bonchev–Trinajstić information content (AvgIpc) is 3.37. The van der Waals surface area contributed by atoms with E-state index in [4.69, 9.17) is 4.74 Å². The lowest BCUT2D eigenvalue weighted by Gasteiger charge is -2.27. The molecule has 1 aromatic carbocycles. The van der Waals surface area contributed by atoms with Crippen molar-refractivity contribution in [1.82, 2.24) is 4.90 Å². The SMILES string of the molecule is CCc1cccc(C)c1NC(=O)C1CC1C(=O)N1CCOCC1. The largest absolute Gasteiger partial charge is 0.378 e. The second-order valence-corrected chi connectivity index (χ2v) is 6.34. The molecular formula is C18H24N2O3. The fourth-order valence-corrected chi connectivity index (χ4v) is 3.19. The summed E-state index contributed by atoms with van der Waals surface area (Å²) in [5.41, 5.74) is 3.11. The summed E-state index contributed by atoms with van der Waals surface area (Å²) in [6, 6.07) is 6.04. The Hall–Kier alpha value is -1.88. The van der Waals surface area contributed by atoms with Crippen molar-refractivity contribution in [3.05, 3.63) is 29.3 Å². The minimum atomic E-state index is -0.186. The van der Waals surface area contributed by atoms with E-state index in [9.17, 15) is 9.59 Å². The van der Waals surface area contributed by atoms with E-state index in [0.29, 0.717) is 32.7 Å². The molecule has 5 heteroatoms. The van der Waals surface area contributed by atoms with E-state index in [1.165, 1.54) is 0 Å². The molecule has 0 spiro atoms. The molecule has 1 aromatic rings. The van der Waals surface area contributed by atoms with Gasteiger partial charge in [-0.15, -0.1) is 0 Å². The molecule has 0 bridgehead atoms. The van der Waals surface area contributed by atoms with Gasteiger partial charge in [-0.3, -0.25) is 9.59 Å². The number of carbonyl (C=O) groups is 2. The van der Waals surface area contributed by atoms with Gasteiger partial charge in [0.1, 0.15) is 0 Å². The Bertz CT molecular complexity index is 608. The summed E-state index contributed by atoms with van der Waals surface area (Å²) < 4.78 is 5.27. The van der Waals surface area contributed by atoms with Gasteiger partial charge in [-0.25, -0.2) is 0 Å². The number of carbonyl (C=O) groups excluding carboxylic acids is 2. The van der Waals surface area contributed by atoms with Gasteiger partial charge in [-0.05, 0) is 30.9 Å². The Balaban J connectivity index is 1.61. The number of amides is 2. The fourth-order valence-electron chi connectivity index (χ4n) is 3.19. The number of ether oxygens (including phenoxy) is 1.